The second kappa shape index (κ2) is 3.53. The third-order valence-corrected chi connectivity index (χ3v) is 1.83. The molecule has 2 aromatic rings. The molecule has 0 fully saturated rings. The number of rotatable bonds is 2. The van der Waals surface area contributed by atoms with E-state index in [2.05, 4.69) is 22.4 Å². The minimum Gasteiger partial charge on any atom is -0.207 e. The number of halogens is 1. The highest BCUT2D eigenvalue weighted by Crippen LogP contribution is 2.08. The summed E-state index contributed by atoms with van der Waals surface area (Å²) in [4.78, 5) is 0. The monoisotopic (exact) mass is 191 g/mol. The zero-order chi connectivity index (χ0) is 9.97. The summed E-state index contributed by atoms with van der Waals surface area (Å²) in [6.07, 6.45) is 0.490. The van der Waals surface area contributed by atoms with Crippen molar-refractivity contribution in [2.24, 2.45) is 0 Å². The van der Waals surface area contributed by atoms with Gasteiger partial charge in [-0.1, -0.05) is 0 Å². The van der Waals surface area contributed by atoms with Gasteiger partial charge in [-0.2, -0.15) is 4.68 Å². The predicted octanol–water partition coefficient (Wildman–Crippen LogP) is 1.18. The molecule has 0 unspecified atom stereocenters. The van der Waals surface area contributed by atoms with Crippen molar-refractivity contribution in [3.8, 4) is 5.69 Å². The fraction of sp³-hybridized carbons (Fsp3) is 0.111. The highest BCUT2D eigenvalue weighted by Gasteiger charge is 2.05. The first-order chi connectivity index (χ1) is 6.81. The van der Waals surface area contributed by atoms with Crippen molar-refractivity contribution in [2.45, 2.75) is 6.42 Å². The Kier molecular flexibility index (Phi) is 2.22. The molecule has 1 heterocycles. The first kappa shape index (κ1) is 8.80. The van der Waals surface area contributed by atoms with Gasteiger partial charge in [-0.3, -0.25) is 0 Å². The lowest BCUT2D eigenvalue weighted by Crippen LogP contribution is -2.01. The Bertz CT molecular complexity index is 421. The summed E-state index contributed by atoms with van der Waals surface area (Å²) in [5, 5.41) is 11.1. The third-order valence-electron chi connectivity index (χ3n) is 1.83. The van der Waals surface area contributed by atoms with Crippen molar-refractivity contribution in [1.29, 1.82) is 0 Å². The van der Waals surface area contributed by atoms with Crippen LogP contribution in [0.25, 0.3) is 5.69 Å². The molecule has 0 aliphatic rings. The van der Waals surface area contributed by atoms with Crippen LogP contribution in [0.15, 0.2) is 24.3 Å². The Balaban J connectivity index is 2.44. The highest BCUT2D eigenvalue weighted by atomic mass is 19.1. The molecular weight excluding hydrogens is 183 g/mol. The van der Waals surface area contributed by atoms with Gasteiger partial charge in [-0.25, -0.2) is 4.39 Å². The van der Waals surface area contributed by atoms with Gasteiger partial charge in [0.2, 0.25) is 0 Å². The van der Waals surface area contributed by atoms with Gasteiger partial charge in [-0.15, -0.1) is 5.10 Å². The van der Waals surface area contributed by atoms with Crippen LogP contribution in [0, 0.1) is 12.7 Å². The number of hydrogen-bond acceptors (Lipinski definition) is 3. The average Bonchev–Trinajstić information content (AvgIpc) is 2.67. The van der Waals surface area contributed by atoms with E-state index in [1.165, 1.54) is 16.8 Å². The quantitative estimate of drug-likeness (QED) is 0.715. The minimum atomic E-state index is -0.280. The normalized spacial score (nSPS) is 10.4. The summed E-state index contributed by atoms with van der Waals surface area (Å²) >= 11 is 0. The summed E-state index contributed by atoms with van der Waals surface area (Å²) in [6.45, 7) is 3.69. The van der Waals surface area contributed by atoms with E-state index in [9.17, 15) is 4.39 Å². The van der Waals surface area contributed by atoms with E-state index < -0.39 is 0 Å². The molecule has 14 heavy (non-hydrogen) atoms. The molecule has 2 rings (SSSR count). The van der Waals surface area contributed by atoms with Crippen molar-refractivity contribution >= 4 is 0 Å². The van der Waals surface area contributed by atoms with Crippen LogP contribution in [0.5, 0.6) is 0 Å². The molecule has 1 aromatic heterocycles. The Labute approximate surface area is 80.4 Å². The number of aromatic nitrogens is 4. The van der Waals surface area contributed by atoms with Gasteiger partial charge in [0.1, 0.15) is 5.82 Å². The minimum absolute atomic E-state index is 0.280. The molecule has 0 amide bonds. The average molecular weight is 191 g/mol. The molecule has 1 aromatic carbocycles. The highest BCUT2D eigenvalue weighted by molar-refractivity contribution is 5.31. The first-order valence-corrected chi connectivity index (χ1v) is 4.13. The topological polar surface area (TPSA) is 43.6 Å². The summed E-state index contributed by atoms with van der Waals surface area (Å²) in [5.74, 6) is 0.370. The summed E-state index contributed by atoms with van der Waals surface area (Å²) in [5.41, 5.74) is 0.732. The van der Waals surface area contributed by atoms with Crippen LogP contribution in [-0.4, -0.2) is 20.2 Å². The number of tetrazole rings is 1. The van der Waals surface area contributed by atoms with E-state index in [1.807, 2.05) is 0 Å². The molecule has 0 atom stereocenters. The largest absolute Gasteiger partial charge is 0.207 e. The van der Waals surface area contributed by atoms with Crippen molar-refractivity contribution in [3.63, 3.8) is 0 Å². The lowest BCUT2D eigenvalue weighted by molar-refractivity contribution is 0.626. The fourth-order valence-corrected chi connectivity index (χ4v) is 1.14. The fourth-order valence-electron chi connectivity index (χ4n) is 1.14. The summed E-state index contributed by atoms with van der Waals surface area (Å²) in [7, 11) is 0. The van der Waals surface area contributed by atoms with Crippen LogP contribution < -0.4 is 0 Å². The van der Waals surface area contributed by atoms with Gasteiger partial charge in [-0.05, 0) is 41.6 Å². The Morgan fingerprint density at radius 1 is 1.29 bits per heavy atom. The molecule has 0 N–H and O–H groups in total. The van der Waals surface area contributed by atoms with Gasteiger partial charge >= 0.3 is 0 Å². The second-order valence-electron chi connectivity index (χ2n) is 2.73. The van der Waals surface area contributed by atoms with E-state index in [0.29, 0.717) is 12.2 Å². The van der Waals surface area contributed by atoms with Crippen molar-refractivity contribution in [3.05, 3.63) is 42.8 Å². The zero-order valence-electron chi connectivity index (χ0n) is 7.39. The van der Waals surface area contributed by atoms with E-state index in [1.54, 1.807) is 12.1 Å². The van der Waals surface area contributed by atoms with Crippen molar-refractivity contribution in [2.75, 3.05) is 0 Å². The molecule has 0 bridgehead atoms. The van der Waals surface area contributed by atoms with Crippen LogP contribution in [0.2, 0.25) is 0 Å². The molecule has 0 aliphatic heterocycles. The Morgan fingerprint density at radius 2 is 2.00 bits per heavy atom. The maximum Gasteiger partial charge on any atom is 0.156 e. The van der Waals surface area contributed by atoms with Crippen LogP contribution in [0.1, 0.15) is 5.82 Å². The van der Waals surface area contributed by atoms with Crippen LogP contribution in [0.3, 0.4) is 0 Å². The first-order valence-electron chi connectivity index (χ1n) is 4.13. The lowest BCUT2D eigenvalue weighted by atomic mass is 10.3. The van der Waals surface area contributed by atoms with E-state index in [0.717, 1.165) is 5.69 Å². The molecule has 0 spiro atoms. The smallest absolute Gasteiger partial charge is 0.156 e. The van der Waals surface area contributed by atoms with Crippen molar-refractivity contribution in [1.82, 2.24) is 20.2 Å². The molecule has 0 saturated heterocycles. The molecule has 4 nitrogen and oxygen atoms in total. The van der Waals surface area contributed by atoms with Gasteiger partial charge in [0, 0.05) is 6.42 Å². The molecule has 5 heteroatoms. The Morgan fingerprint density at radius 3 is 2.64 bits per heavy atom. The van der Waals surface area contributed by atoms with Crippen LogP contribution in [0.4, 0.5) is 4.39 Å². The molecular formula is C9H8FN4. The number of nitrogens with zero attached hydrogens (tertiary/aromatic N) is 4. The Hall–Kier alpha value is -1.78. The van der Waals surface area contributed by atoms with E-state index in [4.69, 9.17) is 0 Å². The number of hydrogen-bond donors (Lipinski definition) is 0. The zero-order valence-corrected chi connectivity index (χ0v) is 7.39. The lowest BCUT2D eigenvalue weighted by Gasteiger charge is -2.01. The van der Waals surface area contributed by atoms with Gasteiger partial charge < -0.3 is 0 Å². The maximum absolute atomic E-state index is 12.6. The van der Waals surface area contributed by atoms with E-state index >= 15 is 0 Å². The van der Waals surface area contributed by atoms with Crippen LogP contribution >= 0.6 is 0 Å². The number of benzene rings is 1. The van der Waals surface area contributed by atoms with Crippen LogP contribution in [-0.2, 0) is 6.42 Å². The molecule has 0 saturated carbocycles. The molecule has 1 radical (unpaired) electrons. The van der Waals surface area contributed by atoms with Crippen molar-refractivity contribution < 1.29 is 4.39 Å². The summed E-state index contributed by atoms with van der Waals surface area (Å²) < 4.78 is 14.2. The summed E-state index contributed by atoms with van der Waals surface area (Å²) in [6, 6.07) is 5.96. The maximum atomic E-state index is 12.6. The third kappa shape index (κ3) is 1.48. The van der Waals surface area contributed by atoms with Gasteiger partial charge in [0.25, 0.3) is 0 Å². The van der Waals surface area contributed by atoms with Gasteiger partial charge in [0.05, 0.1) is 5.69 Å². The standard InChI is InChI=1S/C9H8FN4/c1-2-9-11-12-13-14(9)8-5-3-7(10)4-6-8/h3-6H,1-2H2. The van der Waals surface area contributed by atoms with E-state index in [-0.39, 0.29) is 5.82 Å². The van der Waals surface area contributed by atoms with Gasteiger partial charge in [0.15, 0.2) is 5.82 Å². The SMILES string of the molecule is [CH2]Cc1nnnn1-c1ccc(F)cc1. The predicted molar refractivity (Wildman–Crippen MR) is 48.2 cm³/mol. The molecule has 71 valence electrons. The molecule has 0 aliphatic carbocycles. The second-order valence-corrected chi connectivity index (χ2v) is 2.73.